The van der Waals surface area contributed by atoms with E-state index in [0.717, 1.165) is 22.2 Å². The van der Waals surface area contributed by atoms with Crippen LogP contribution in [0.15, 0.2) is 22.7 Å². The molecule has 3 heteroatoms. The second kappa shape index (κ2) is 5.52. The van der Waals surface area contributed by atoms with Gasteiger partial charge in [-0.05, 0) is 18.1 Å². The highest BCUT2D eigenvalue weighted by molar-refractivity contribution is 9.10. The Morgan fingerprint density at radius 2 is 2.13 bits per heavy atom. The third kappa shape index (κ3) is 2.95. The lowest BCUT2D eigenvalue weighted by Crippen LogP contribution is -2.19. The molecule has 1 aromatic rings. The first-order chi connectivity index (χ1) is 7.10. The predicted molar refractivity (Wildman–Crippen MR) is 67.1 cm³/mol. The van der Waals surface area contributed by atoms with E-state index in [1.165, 1.54) is 0 Å². The quantitative estimate of drug-likeness (QED) is 0.910. The van der Waals surface area contributed by atoms with Gasteiger partial charge in [0, 0.05) is 16.1 Å². The monoisotopic (exact) mass is 271 g/mol. The van der Waals surface area contributed by atoms with E-state index in [1.807, 2.05) is 18.2 Å². The fourth-order valence-corrected chi connectivity index (χ4v) is 1.86. The number of methoxy groups -OCH3 is 1. The van der Waals surface area contributed by atoms with Crippen LogP contribution in [0.25, 0.3) is 0 Å². The molecular weight excluding hydrogens is 254 g/mol. The van der Waals surface area contributed by atoms with Gasteiger partial charge < -0.3 is 10.5 Å². The molecule has 1 aromatic carbocycles. The van der Waals surface area contributed by atoms with Crippen molar-refractivity contribution in [2.24, 2.45) is 11.7 Å². The van der Waals surface area contributed by atoms with Crippen LogP contribution in [0.5, 0.6) is 5.75 Å². The summed E-state index contributed by atoms with van der Waals surface area (Å²) < 4.78 is 6.35. The fourth-order valence-electron chi connectivity index (χ4n) is 1.52. The molecule has 0 saturated heterocycles. The van der Waals surface area contributed by atoms with Crippen molar-refractivity contribution in [3.05, 3.63) is 28.2 Å². The van der Waals surface area contributed by atoms with Gasteiger partial charge in [0.25, 0.3) is 0 Å². The molecule has 15 heavy (non-hydrogen) atoms. The van der Waals surface area contributed by atoms with Crippen molar-refractivity contribution in [2.75, 3.05) is 7.11 Å². The van der Waals surface area contributed by atoms with Crippen LogP contribution in [0.4, 0.5) is 0 Å². The third-order valence-corrected chi connectivity index (χ3v) is 3.30. The van der Waals surface area contributed by atoms with Crippen molar-refractivity contribution in [2.45, 2.75) is 26.3 Å². The lowest BCUT2D eigenvalue weighted by atomic mass is 9.93. The minimum absolute atomic E-state index is 0.0399. The van der Waals surface area contributed by atoms with Gasteiger partial charge in [0.2, 0.25) is 0 Å². The van der Waals surface area contributed by atoms with E-state index in [4.69, 9.17) is 10.5 Å². The summed E-state index contributed by atoms with van der Waals surface area (Å²) in [5, 5.41) is 0. The Kier molecular flexibility index (Phi) is 4.61. The highest BCUT2D eigenvalue weighted by atomic mass is 79.9. The molecule has 84 valence electrons. The van der Waals surface area contributed by atoms with Crippen molar-refractivity contribution in [1.29, 1.82) is 0 Å². The summed E-state index contributed by atoms with van der Waals surface area (Å²) in [5.41, 5.74) is 7.26. The highest BCUT2D eigenvalue weighted by Gasteiger charge is 2.17. The zero-order chi connectivity index (χ0) is 11.4. The number of benzene rings is 1. The van der Waals surface area contributed by atoms with E-state index < -0.39 is 0 Å². The van der Waals surface area contributed by atoms with Crippen LogP contribution in [-0.4, -0.2) is 7.11 Å². The zero-order valence-corrected chi connectivity index (χ0v) is 11.0. The molecule has 0 aliphatic rings. The first kappa shape index (κ1) is 12.5. The lowest BCUT2D eigenvalue weighted by Gasteiger charge is -2.21. The summed E-state index contributed by atoms with van der Waals surface area (Å²) in [5.74, 6) is 1.32. The maximum absolute atomic E-state index is 6.18. The Hall–Kier alpha value is -0.540. The molecule has 0 heterocycles. The Balaban J connectivity index is 3.02. The molecule has 0 aliphatic carbocycles. The van der Waals surface area contributed by atoms with E-state index >= 15 is 0 Å². The third-order valence-electron chi connectivity index (χ3n) is 2.81. The number of rotatable bonds is 4. The highest BCUT2D eigenvalue weighted by Crippen LogP contribution is 2.31. The van der Waals surface area contributed by atoms with Crippen molar-refractivity contribution in [3.63, 3.8) is 0 Å². The van der Waals surface area contributed by atoms with E-state index in [2.05, 4.69) is 29.8 Å². The van der Waals surface area contributed by atoms with Gasteiger partial charge in [-0.15, -0.1) is 0 Å². The topological polar surface area (TPSA) is 35.2 Å². The molecule has 1 unspecified atom stereocenters. The largest absolute Gasteiger partial charge is 0.496 e. The Labute approximate surface area is 99.9 Å². The summed E-state index contributed by atoms with van der Waals surface area (Å²) in [7, 11) is 1.68. The number of hydrogen-bond donors (Lipinski definition) is 1. The molecule has 0 spiro atoms. The smallest absolute Gasteiger partial charge is 0.124 e. The van der Waals surface area contributed by atoms with Crippen LogP contribution in [0.2, 0.25) is 0 Å². The first-order valence-corrected chi connectivity index (χ1v) is 5.98. The minimum Gasteiger partial charge on any atom is -0.496 e. The van der Waals surface area contributed by atoms with E-state index in [0.29, 0.717) is 5.92 Å². The van der Waals surface area contributed by atoms with Gasteiger partial charge in [-0.1, -0.05) is 42.3 Å². The lowest BCUT2D eigenvalue weighted by molar-refractivity contribution is 0.388. The Bertz CT molecular complexity index is 327. The molecule has 0 fully saturated rings. The van der Waals surface area contributed by atoms with Crippen LogP contribution < -0.4 is 10.5 Å². The molecule has 2 atom stereocenters. The standard InChI is InChI=1S/C12H18BrNO/c1-4-8(2)12(14)10-6-5-9(13)7-11(10)15-3/h5-8,12H,4,14H2,1-3H3/t8?,12-/m0/s1. The van der Waals surface area contributed by atoms with Gasteiger partial charge >= 0.3 is 0 Å². The van der Waals surface area contributed by atoms with Gasteiger partial charge in [-0.2, -0.15) is 0 Å². The fraction of sp³-hybridized carbons (Fsp3) is 0.500. The molecule has 2 nitrogen and oxygen atoms in total. The minimum atomic E-state index is 0.0399. The van der Waals surface area contributed by atoms with Gasteiger partial charge in [0.05, 0.1) is 7.11 Å². The number of ether oxygens (including phenoxy) is 1. The van der Waals surface area contributed by atoms with E-state index in [-0.39, 0.29) is 6.04 Å². The molecule has 2 N–H and O–H groups in total. The van der Waals surface area contributed by atoms with Crippen molar-refractivity contribution >= 4 is 15.9 Å². The molecule has 1 rings (SSSR count). The van der Waals surface area contributed by atoms with Crippen LogP contribution in [0, 0.1) is 5.92 Å². The molecule has 0 radical (unpaired) electrons. The van der Waals surface area contributed by atoms with Gasteiger partial charge in [0.15, 0.2) is 0 Å². The molecule has 0 aliphatic heterocycles. The van der Waals surface area contributed by atoms with Crippen molar-refractivity contribution in [3.8, 4) is 5.75 Å². The maximum Gasteiger partial charge on any atom is 0.124 e. The summed E-state index contributed by atoms with van der Waals surface area (Å²) in [6.45, 7) is 4.31. The summed E-state index contributed by atoms with van der Waals surface area (Å²) >= 11 is 3.42. The summed E-state index contributed by atoms with van der Waals surface area (Å²) in [6, 6.07) is 6.02. The van der Waals surface area contributed by atoms with Crippen LogP contribution >= 0.6 is 15.9 Å². The number of halogens is 1. The first-order valence-electron chi connectivity index (χ1n) is 5.19. The number of hydrogen-bond acceptors (Lipinski definition) is 2. The zero-order valence-electron chi connectivity index (χ0n) is 9.46. The van der Waals surface area contributed by atoms with Crippen LogP contribution in [-0.2, 0) is 0 Å². The van der Waals surface area contributed by atoms with Gasteiger partial charge in [0.1, 0.15) is 5.75 Å². The maximum atomic E-state index is 6.18. The van der Waals surface area contributed by atoms with Gasteiger partial charge in [-0.25, -0.2) is 0 Å². The molecule has 0 bridgehead atoms. The van der Waals surface area contributed by atoms with Gasteiger partial charge in [-0.3, -0.25) is 0 Å². The predicted octanol–water partition coefficient (Wildman–Crippen LogP) is 3.50. The second-order valence-electron chi connectivity index (χ2n) is 3.80. The summed E-state index contributed by atoms with van der Waals surface area (Å²) in [6.07, 6.45) is 1.07. The summed E-state index contributed by atoms with van der Waals surface area (Å²) in [4.78, 5) is 0. The average Bonchev–Trinajstić information content (AvgIpc) is 2.26. The Morgan fingerprint density at radius 3 is 2.67 bits per heavy atom. The normalized spacial score (nSPS) is 14.7. The Morgan fingerprint density at radius 1 is 1.47 bits per heavy atom. The average molecular weight is 272 g/mol. The second-order valence-corrected chi connectivity index (χ2v) is 4.71. The number of nitrogens with two attached hydrogens (primary N) is 1. The molecule has 0 aromatic heterocycles. The van der Waals surface area contributed by atoms with E-state index in [1.54, 1.807) is 7.11 Å². The van der Waals surface area contributed by atoms with E-state index in [9.17, 15) is 0 Å². The van der Waals surface area contributed by atoms with Crippen LogP contribution in [0.1, 0.15) is 31.9 Å². The molecule has 0 amide bonds. The molecular formula is C12H18BrNO. The SMILES string of the molecule is CCC(C)[C@H](N)c1ccc(Br)cc1OC. The van der Waals surface area contributed by atoms with Crippen LogP contribution in [0.3, 0.4) is 0 Å². The molecule has 0 saturated carbocycles. The van der Waals surface area contributed by atoms with Crippen molar-refractivity contribution in [1.82, 2.24) is 0 Å². The van der Waals surface area contributed by atoms with Crippen molar-refractivity contribution < 1.29 is 4.74 Å².